The van der Waals surface area contributed by atoms with E-state index in [1.165, 1.54) is 32.1 Å². The van der Waals surface area contributed by atoms with Gasteiger partial charge in [-0.1, -0.05) is 0 Å². The number of ether oxygens (including phenoxy) is 1. The first-order valence-corrected chi connectivity index (χ1v) is 9.36. The Labute approximate surface area is 131 Å². The number of hydrogen-bond donors (Lipinski definition) is 1. The van der Waals surface area contributed by atoms with Crippen molar-refractivity contribution in [1.82, 2.24) is 0 Å². The lowest BCUT2D eigenvalue weighted by Gasteiger charge is -2.49. The molecular weight excluding hydrogens is 280 g/mol. The van der Waals surface area contributed by atoms with Gasteiger partial charge in [-0.15, -0.1) is 0 Å². The van der Waals surface area contributed by atoms with Crippen molar-refractivity contribution < 1.29 is 19.6 Å². The van der Waals surface area contributed by atoms with Gasteiger partial charge in [0.05, 0.1) is 0 Å². The van der Waals surface area contributed by atoms with Crippen LogP contribution in [0.25, 0.3) is 0 Å². The van der Waals surface area contributed by atoms with E-state index in [1.807, 2.05) is 0 Å². The predicted octanol–water partition coefficient (Wildman–Crippen LogP) is 3.00. The van der Waals surface area contributed by atoms with E-state index in [1.54, 1.807) is 0 Å². The van der Waals surface area contributed by atoms with E-state index >= 15 is 0 Å². The lowest BCUT2D eigenvalue weighted by molar-refractivity contribution is -0.375. The molecule has 0 aromatic heterocycles. The van der Waals surface area contributed by atoms with Crippen LogP contribution in [0, 0.1) is 35.0 Å². The molecule has 122 valence electrons. The van der Waals surface area contributed by atoms with E-state index in [-0.39, 0.29) is 0 Å². The molecule has 0 aromatic carbocycles. The highest BCUT2D eigenvalue weighted by Crippen LogP contribution is 2.79. The lowest BCUT2D eigenvalue weighted by Crippen LogP contribution is -2.50. The Kier molecular flexibility index (Phi) is 2.34. The first-order valence-electron chi connectivity index (χ1n) is 9.36. The molecule has 1 aliphatic heterocycles. The van der Waals surface area contributed by atoms with Crippen molar-refractivity contribution in [3.63, 3.8) is 0 Å². The second-order valence-corrected chi connectivity index (χ2v) is 9.16. The van der Waals surface area contributed by atoms with Gasteiger partial charge >= 0.3 is 0 Å². The maximum Gasteiger partial charge on any atom is 0.210 e. The SMILES string of the molecule is OC[C@H]1CC[C@@]2(CC1)OO[C@@]1(O2)C2CC3CC4CC1CC34C2. The van der Waals surface area contributed by atoms with Gasteiger partial charge in [0, 0.05) is 31.3 Å². The highest BCUT2D eigenvalue weighted by atomic mass is 17.3. The van der Waals surface area contributed by atoms with Crippen LogP contribution in [0.3, 0.4) is 0 Å². The van der Waals surface area contributed by atoms with E-state index in [0.29, 0.717) is 29.8 Å². The molecule has 3 bridgehead atoms. The van der Waals surface area contributed by atoms with Gasteiger partial charge in [0.2, 0.25) is 11.6 Å². The van der Waals surface area contributed by atoms with Gasteiger partial charge in [-0.2, -0.15) is 9.78 Å². The van der Waals surface area contributed by atoms with Crippen LogP contribution in [0.5, 0.6) is 0 Å². The molecule has 0 radical (unpaired) electrons. The van der Waals surface area contributed by atoms with E-state index in [9.17, 15) is 5.11 Å². The Morgan fingerprint density at radius 3 is 2.14 bits per heavy atom. The Morgan fingerprint density at radius 2 is 1.50 bits per heavy atom. The minimum absolute atomic E-state index is 0.291. The lowest BCUT2D eigenvalue weighted by atomic mass is 9.56. The summed E-state index contributed by atoms with van der Waals surface area (Å²) in [4.78, 5) is 12.0. The predicted molar refractivity (Wildman–Crippen MR) is 77.2 cm³/mol. The second-order valence-electron chi connectivity index (χ2n) is 9.16. The average Bonchev–Trinajstić information content (AvgIpc) is 3.11. The summed E-state index contributed by atoms with van der Waals surface area (Å²) in [5, 5.41) is 9.36. The largest absolute Gasteiger partial charge is 0.396 e. The van der Waals surface area contributed by atoms with Crippen molar-refractivity contribution >= 4 is 0 Å². The van der Waals surface area contributed by atoms with Crippen molar-refractivity contribution in [1.29, 1.82) is 0 Å². The first-order chi connectivity index (χ1) is 10.7. The molecule has 5 aliphatic carbocycles. The molecule has 4 unspecified atom stereocenters. The molecule has 4 heteroatoms. The van der Waals surface area contributed by atoms with Crippen LogP contribution in [-0.4, -0.2) is 23.3 Å². The van der Waals surface area contributed by atoms with E-state index in [2.05, 4.69) is 0 Å². The van der Waals surface area contributed by atoms with Crippen LogP contribution in [0.1, 0.15) is 57.8 Å². The molecule has 4 atom stereocenters. The number of hydrogen-bond acceptors (Lipinski definition) is 4. The molecule has 1 heterocycles. The summed E-state index contributed by atoms with van der Waals surface area (Å²) in [5.74, 6) is 2.47. The van der Waals surface area contributed by atoms with Crippen LogP contribution in [0.15, 0.2) is 0 Å². The van der Waals surface area contributed by atoms with E-state index < -0.39 is 11.6 Å². The summed E-state index contributed by atoms with van der Waals surface area (Å²) >= 11 is 0. The standard InChI is InChI=1S/C18H26O4/c19-10-11-1-3-17(4-2-11)20-18(22-21-17)14-6-12-5-13-7-15(18)9-16(12,13)8-14/h11-15,19H,1-10H2/t11-,12?,13?,14?,15?,16?,17-,18?. The first kappa shape index (κ1) is 13.2. The number of aliphatic hydroxyl groups is 1. The maximum absolute atomic E-state index is 9.36. The van der Waals surface area contributed by atoms with Gasteiger partial charge in [0.25, 0.3) is 0 Å². The normalized spacial score (nSPS) is 64.5. The fourth-order valence-electron chi connectivity index (χ4n) is 7.37. The van der Waals surface area contributed by atoms with Crippen molar-refractivity contribution in [2.45, 2.75) is 69.4 Å². The summed E-state index contributed by atoms with van der Waals surface area (Å²) in [6.07, 6.45) is 10.4. The van der Waals surface area contributed by atoms with Crippen molar-refractivity contribution in [2.75, 3.05) is 6.61 Å². The second kappa shape index (κ2) is 3.90. The van der Waals surface area contributed by atoms with Gasteiger partial charge in [-0.3, -0.25) is 0 Å². The Morgan fingerprint density at radius 1 is 0.864 bits per heavy atom. The zero-order valence-electron chi connectivity index (χ0n) is 13.1. The Balaban J connectivity index is 1.29. The minimum atomic E-state index is -0.513. The van der Waals surface area contributed by atoms with Crippen LogP contribution in [0.4, 0.5) is 0 Å². The fourth-order valence-corrected chi connectivity index (χ4v) is 7.37. The van der Waals surface area contributed by atoms with E-state index in [0.717, 1.165) is 37.5 Å². The third-order valence-electron chi connectivity index (χ3n) is 8.52. The quantitative estimate of drug-likeness (QED) is 0.757. The smallest absolute Gasteiger partial charge is 0.210 e. The molecule has 6 rings (SSSR count). The van der Waals surface area contributed by atoms with E-state index in [4.69, 9.17) is 14.5 Å². The summed E-state index contributed by atoms with van der Waals surface area (Å²) < 4.78 is 6.71. The molecule has 0 aromatic rings. The van der Waals surface area contributed by atoms with Crippen molar-refractivity contribution in [2.24, 2.45) is 35.0 Å². The highest BCUT2D eigenvalue weighted by Gasteiger charge is 2.77. The Hall–Kier alpha value is -0.160. The van der Waals surface area contributed by atoms with Crippen LogP contribution in [0.2, 0.25) is 0 Å². The Bertz CT molecular complexity index is 485. The molecule has 22 heavy (non-hydrogen) atoms. The molecule has 6 aliphatic rings. The average molecular weight is 306 g/mol. The molecule has 4 nitrogen and oxygen atoms in total. The van der Waals surface area contributed by atoms with Crippen LogP contribution < -0.4 is 0 Å². The monoisotopic (exact) mass is 306 g/mol. The van der Waals surface area contributed by atoms with Crippen molar-refractivity contribution in [3.05, 3.63) is 0 Å². The molecule has 0 amide bonds. The molecule has 6 fully saturated rings. The molecule has 5 saturated carbocycles. The third-order valence-corrected chi connectivity index (χ3v) is 8.52. The maximum atomic E-state index is 9.36. The summed E-state index contributed by atoms with van der Waals surface area (Å²) in [7, 11) is 0. The van der Waals surface area contributed by atoms with Crippen LogP contribution in [-0.2, 0) is 14.5 Å². The number of aliphatic hydroxyl groups excluding tert-OH is 1. The van der Waals surface area contributed by atoms with Crippen LogP contribution >= 0.6 is 0 Å². The van der Waals surface area contributed by atoms with Gasteiger partial charge in [0.15, 0.2) is 0 Å². The molecule has 1 N–H and O–H groups in total. The highest BCUT2D eigenvalue weighted by molar-refractivity contribution is 5.21. The van der Waals surface area contributed by atoms with Gasteiger partial charge in [-0.05, 0) is 68.1 Å². The topological polar surface area (TPSA) is 47.9 Å². The third kappa shape index (κ3) is 1.33. The molecular formula is C18H26O4. The summed E-state index contributed by atoms with van der Waals surface area (Å²) in [6, 6.07) is 0. The zero-order chi connectivity index (χ0) is 14.6. The fraction of sp³-hybridized carbons (Fsp3) is 1.00. The zero-order valence-corrected chi connectivity index (χ0v) is 13.1. The number of fused-ring (bicyclic) bond motifs is 4. The molecule has 1 saturated heterocycles. The van der Waals surface area contributed by atoms with Gasteiger partial charge in [0.1, 0.15) is 0 Å². The summed E-state index contributed by atoms with van der Waals surface area (Å²) in [6.45, 7) is 0.291. The molecule has 3 spiro atoms. The summed E-state index contributed by atoms with van der Waals surface area (Å²) in [5.41, 5.74) is 0.678. The van der Waals surface area contributed by atoms with Gasteiger partial charge < -0.3 is 9.84 Å². The van der Waals surface area contributed by atoms with Crippen molar-refractivity contribution in [3.8, 4) is 0 Å². The number of rotatable bonds is 1. The van der Waals surface area contributed by atoms with Gasteiger partial charge in [-0.25, -0.2) is 0 Å². The minimum Gasteiger partial charge on any atom is -0.396 e.